The third kappa shape index (κ3) is 10.7. The number of nitrogens with zero attached hydrogens (tertiary/aromatic N) is 1. The van der Waals surface area contributed by atoms with Gasteiger partial charge in [0.05, 0.1) is 6.10 Å². The number of hydrogen-bond donors (Lipinski definition) is 5. The van der Waals surface area contributed by atoms with Crippen LogP contribution in [0.5, 0.6) is 5.75 Å². The fourth-order valence-electron chi connectivity index (χ4n) is 7.52. The van der Waals surface area contributed by atoms with Crippen LogP contribution in [0.25, 0.3) is 0 Å². The molecule has 1 amide bonds. The van der Waals surface area contributed by atoms with E-state index >= 15 is 0 Å². The van der Waals surface area contributed by atoms with Gasteiger partial charge in [0.15, 0.2) is 5.13 Å². The van der Waals surface area contributed by atoms with E-state index in [1.165, 1.54) is 11.3 Å². The fourth-order valence-corrected chi connectivity index (χ4v) is 9.25. The SMILES string of the molecule is Cc1cnc(NC(=O)CC[C@@H]2C[C@H](OP(=O)(O)O)[C@@]3(C)CCC4c5ccc(OP(=O)(O)O)cc5CCC4C23)s1.[H-].[H-].[H-].[H-].[Na+].[Na+].[Na+].[Na+]. The van der Waals surface area contributed by atoms with Crippen molar-refractivity contribution in [1.29, 1.82) is 0 Å². The van der Waals surface area contributed by atoms with Crippen molar-refractivity contribution in [2.75, 3.05) is 5.32 Å². The van der Waals surface area contributed by atoms with E-state index < -0.39 is 27.2 Å². The summed E-state index contributed by atoms with van der Waals surface area (Å²) in [5.41, 5.74) is 1.68. The van der Waals surface area contributed by atoms with Crippen LogP contribution in [0, 0.1) is 30.1 Å². The average Bonchev–Trinajstić information content (AvgIpc) is 3.35. The van der Waals surface area contributed by atoms with E-state index in [2.05, 4.69) is 17.2 Å². The van der Waals surface area contributed by atoms with Gasteiger partial charge in [-0.15, -0.1) is 11.3 Å². The minimum absolute atomic E-state index is 0. The maximum absolute atomic E-state index is 12.7. The Balaban J connectivity index is -0.00000116. The van der Waals surface area contributed by atoms with Crippen LogP contribution in [0.1, 0.15) is 73.1 Å². The van der Waals surface area contributed by atoms with Crippen molar-refractivity contribution >= 4 is 38.0 Å². The van der Waals surface area contributed by atoms with E-state index in [0.717, 1.165) is 28.8 Å². The first-order valence-corrected chi connectivity index (χ1v) is 16.9. The second-order valence-electron chi connectivity index (χ2n) is 11.3. The normalized spacial score (nSPS) is 27.4. The molecule has 0 bridgehead atoms. The standard InChI is InChI=1S/C25H34N2O9P2S.4Na.4H/c1-14-13-26-24(39-14)27-22(28)8-4-16-12-21(36-38(32,33)34)25(2)10-9-19-18-7-5-17(35-37(29,30)31)11-15(18)3-6-20(19)23(16)25;;;;;;;;/h5,7,11,13,16,19-21,23H,3-4,6,8-10,12H2,1-2H3,(H,26,27,28)(H2,29,30,31)(H2,32,33,34);;;;;;;;/q;4*+1;4*-1/t16-,19?,20?,21+,23?,25-;;;;;;;;/m1......../s1. The number of fused-ring (bicyclic) bond motifs is 5. The first kappa shape index (κ1) is 43.4. The molecule has 6 atom stereocenters. The fraction of sp³-hybridized carbons (Fsp3) is 0.600. The summed E-state index contributed by atoms with van der Waals surface area (Å²) in [6.07, 6.45) is 5.45. The van der Waals surface area contributed by atoms with Gasteiger partial charge in [-0.1, -0.05) is 13.0 Å². The van der Waals surface area contributed by atoms with Gasteiger partial charge in [-0.3, -0.25) is 19.1 Å². The van der Waals surface area contributed by atoms with E-state index in [1.54, 1.807) is 18.3 Å². The maximum Gasteiger partial charge on any atom is 1.00 e. The van der Waals surface area contributed by atoms with Crippen LogP contribution in [-0.2, 0) is 24.9 Å². The number of phosphoric ester groups is 2. The molecule has 5 rings (SSSR count). The molecule has 1 heterocycles. The topological polar surface area (TPSA) is 176 Å². The Morgan fingerprint density at radius 1 is 1.14 bits per heavy atom. The average molecular weight is 697 g/mol. The smallest absolute Gasteiger partial charge is 1.00 e. The molecular formula is C25H38N2Na4O9P2S. The van der Waals surface area contributed by atoms with Crippen molar-refractivity contribution in [2.45, 2.75) is 70.8 Å². The quantitative estimate of drug-likeness (QED) is 0.132. The van der Waals surface area contributed by atoms with Crippen molar-refractivity contribution in [3.63, 3.8) is 0 Å². The Morgan fingerprint density at radius 2 is 1.84 bits per heavy atom. The summed E-state index contributed by atoms with van der Waals surface area (Å²) >= 11 is 1.41. The summed E-state index contributed by atoms with van der Waals surface area (Å²) < 4.78 is 33.4. The number of anilines is 1. The molecule has 43 heavy (non-hydrogen) atoms. The van der Waals surface area contributed by atoms with Crippen molar-refractivity contribution in [2.24, 2.45) is 23.2 Å². The Bertz CT molecular complexity index is 1380. The molecular weight excluding hydrogens is 658 g/mol. The molecule has 1 aromatic heterocycles. The van der Waals surface area contributed by atoms with Gasteiger partial charge in [0.1, 0.15) is 5.75 Å². The van der Waals surface area contributed by atoms with Crippen molar-refractivity contribution in [1.82, 2.24) is 4.98 Å². The number of phosphoric acid groups is 2. The number of nitrogens with one attached hydrogen (secondary N) is 1. The van der Waals surface area contributed by atoms with Gasteiger partial charge in [0.2, 0.25) is 5.91 Å². The Morgan fingerprint density at radius 3 is 2.44 bits per heavy atom. The second-order valence-corrected chi connectivity index (χ2v) is 14.9. The molecule has 0 spiro atoms. The molecule has 3 aliphatic carbocycles. The van der Waals surface area contributed by atoms with Crippen molar-refractivity contribution in [3.05, 3.63) is 40.4 Å². The van der Waals surface area contributed by atoms with E-state index in [0.29, 0.717) is 30.8 Å². The number of benzene rings is 1. The zero-order chi connectivity index (χ0) is 28.2. The monoisotopic (exact) mass is 696 g/mol. The molecule has 18 heteroatoms. The van der Waals surface area contributed by atoms with Crippen molar-refractivity contribution < 1.29 is 166 Å². The van der Waals surface area contributed by atoms with Gasteiger partial charge in [-0.05, 0) is 97.8 Å². The second kappa shape index (κ2) is 17.3. The van der Waals surface area contributed by atoms with Gasteiger partial charge in [-0.2, -0.15) is 0 Å². The Kier molecular flexibility index (Phi) is 17.5. The Labute approximate surface area is 350 Å². The number of amides is 1. The summed E-state index contributed by atoms with van der Waals surface area (Å²) in [6.45, 7) is 3.99. The molecule has 1 aromatic carbocycles. The predicted octanol–water partition coefficient (Wildman–Crippen LogP) is -6.63. The molecule has 11 nitrogen and oxygen atoms in total. The van der Waals surface area contributed by atoms with Crippen LogP contribution < -0.4 is 128 Å². The number of aromatic nitrogens is 1. The largest absolute Gasteiger partial charge is 1.00 e. The summed E-state index contributed by atoms with van der Waals surface area (Å²) in [5.74, 6) is 0.564. The van der Waals surface area contributed by atoms with E-state index in [4.69, 9.17) is 9.05 Å². The summed E-state index contributed by atoms with van der Waals surface area (Å²) in [7, 11) is -9.36. The van der Waals surface area contributed by atoms with Crippen LogP contribution in [-0.4, -0.2) is 36.6 Å². The number of hydrogen-bond acceptors (Lipinski definition) is 7. The summed E-state index contributed by atoms with van der Waals surface area (Å²) in [6, 6.07) is 5.18. The molecule has 3 aliphatic rings. The van der Waals surface area contributed by atoms with E-state index in [-0.39, 0.29) is 166 Å². The van der Waals surface area contributed by atoms with Crippen LogP contribution in [0.15, 0.2) is 24.4 Å². The van der Waals surface area contributed by atoms with Crippen LogP contribution in [0.3, 0.4) is 0 Å². The first-order chi connectivity index (χ1) is 18.2. The molecule has 2 saturated carbocycles. The molecule has 222 valence electrons. The molecule has 2 aromatic rings. The molecule has 0 aliphatic heterocycles. The zero-order valence-corrected chi connectivity index (χ0v) is 36.3. The summed E-state index contributed by atoms with van der Waals surface area (Å²) in [4.78, 5) is 55.7. The number of carbonyl (C=O) groups excluding carboxylic acids is 1. The van der Waals surface area contributed by atoms with Gasteiger partial charge in [-0.25, -0.2) is 14.1 Å². The first-order valence-electron chi connectivity index (χ1n) is 13.1. The van der Waals surface area contributed by atoms with E-state index in [9.17, 15) is 33.5 Å². The minimum atomic E-state index is -4.71. The van der Waals surface area contributed by atoms with Gasteiger partial charge < -0.3 is 25.3 Å². The minimum Gasteiger partial charge on any atom is -1.00 e. The third-order valence-electron chi connectivity index (χ3n) is 8.85. The predicted molar refractivity (Wildman–Crippen MR) is 149 cm³/mol. The van der Waals surface area contributed by atoms with Crippen LogP contribution >= 0.6 is 27.0 Å². The molecule has 0 radical (unpaired) electrons. The molecule has 3 unspecified atom stereocenters. The number of thiazole rings is 1. The maximum atomic E-state index is 12.7. The molecule has 2 fully saturated rings. The van der Waals surface area contributed by atoms with Crippen molar-refractivity contribution in [3.8, 4) is 5.75 Å². The number of aryl methyl sites for hydroxylation is 2. The van der Waals surface area contributed by atoms with Gasteiger partial charge in [0.25, 0.3) is 0 Å². The Hall–Kier alpha value is 2.38. The zero-order valence-electron chi connectivity index (χ0n) is 29.7. The van der Waals surface area contributed by atoms with Crippen LogP contribution in [0.2, 0.25) is 0 Å². The molecule has 5 N–H and O–H groups in total. The molecule has 0 saturated heterocycles. The van der Waals surface area contributed by atoms with Gasteiger partial charge in [0, 0.05) is 17.5 Å². The third-order valence-corrected chi connectivity index (χ3v) is 10.7. The van der Waals surface area contributed by atoms with Crippen LogP contribution in [0.4, 0.5) is 5.13 Å². The number of carbonyl (C=O) groups is 1. The number of rotatable bonds is 8. The van der Waals surface area contributed by atoms with E-state index in [1.807, 2.05) is 13.0 Å². The van der Waals surface area contributed by atoms with Gasteiger partial charge >= 0.3 is 134 Å². The summed E-state index contributed by atoms with van der Waals surface area (Å²) in [5, 5.41) is 3.41.